The minimum atomic E-state index is -4.45. The molecule has 31 heavy (non-hydrogen) atoms. The van der Waals surface area contributed by atoms with E-state index in [0.29, 0.717) is 0 Å². The first kappa shape index (κ1) is 23.8. The first-order chi connectivity index (χ1) is 14.5. The minimum Gasteiger partial charge on any atom is -0.465 e. The minimum absolute atomic E-state index is 0.0315. The lowest BCUT2D eigenvalue weighted by molar-refractivity contribution is -0.385. The first-order valence-electron chi connectivity index (χ1n) is 9.15. The predicted molar refractivity (Wildman–Crippen MR) is 112 cm³/mol. The van der Waals surface area contributed by atoms with Gasteiger partial charge in [0.1, 0.15) is 6.54 Å². The molecule has 0 aromatic heterocycles. The molecule has 0 saturated carbocycles. The molecule has 2 rings (SSSR count). The van der Waals surface area contributed by atoms with Crippen LogP contribution < -0.4 is 4.31 Å². The summed E-state index contributed by atoms with van der Waals surface area (Å²) in [5, 5.41) is 11.2. The Kier molecular flexibility index (Phi) is 7.34. The van der Waals surface area contributed by atoms with Crippen molar-refractivity contribution in [2.24, 2.45) is 0 Å². The summed E-state index contributed by atoms with van der Waals surface area (Å²) < 4.78 is 37.5. The largest absolute Gasteiger partial charge is 0.465 e. The molecular formula is C20H22N2O8S. The second-order valence-electron chi connectivity index (χ2n) is 6.46. The molecule has 0 spiro atoms. The molecule has 10 nitrogen and oxygen atoms in total. The number of hydrogen-bond donors (Lipinski definition) is 0. The number of sulfonamides is 1. The monoisotopic (exact) mass is 450 g/mol. The van der Waals surface area contributed by atoms with Gasteiger partial charge >= 0.3 is 11.9 Å². The molecule has 2 aromatic carbocycles. The van der Waals surface area contributed by atoms with Crippen LogP contribution in [0.3, 0.4) is 0 Å². The van der Waals surface area contributed by atoms with Gasteiger partial charge in [0.2, 0.25) is 0 Å². The Bertz CT molecular complexity index is 1130. The predicted octanol–water partition coefficient (Wildman–Crippen LogP) is 2.76. The number of esters is 2. The number of nitrogens with zero attached hydrogens (tertiary/aromatic N) is 2. The molecule has 0 aliphatic heterocycles. The van der Waals surface area contributed by atoms with Gasteiger partial charge in [0.05, 0.1) is 34.8 Å². The molecule has 0 amide bonds. The number of carbonyl (C=O) groups excluding carboxylic acids is 2. The van der Waals surface area contributed by atoms with E-state index in [1.165, 1.54) is 51.3 Å². The third-order valence-corrected chi connectivity index (χ3v) is 6.41. The molecule has 0 unspecified atom stereocenters. The Labute approximate surface area is 179 Å². The van der Waals surface area contributed by atoms with Crippen molar-refractivity contribution in [1.29, 1.82) is 0 Å². The van der Waals surface area contributed by atoms with E-state index in [-0.39, 0.29) is 33.9 Å². The summed E-state index contributed by atoms with van der Waals surface area (Å²) in [7, 11) is -3.26. The molecule has 0 aliphatic rings. The Morgan fingerprint density at radius 2 is 1.84 bits per heavy atom. The quantitative estimate of drug-likeness (QED) is 0.340. The lowest BCUT2D eigenvalue weighted by Crippen LogP contribution is -2.37. The second-order valence-corrected chi connectivity index (χ2v) is 8.30. The SMILES string of the molecule is CCOC(=O)CN(c1cccc(C(=O)OC)c1C)S(=O)(=O)c1cc([N+](=O)[O-])ccc1C. The van der Waals surface area contributed by atoms with Crippen molar-refractivity contribution in [3.05, 3.63) is 63.2 Å². The average Bonchev–Trinajstić information content (AvgIpc) is 2.72. The van der Waals surface area contributed by atoms with Gasteiger partial charge in [0.15, 0.2) is 0 Å². The molecule has 0 bridgehead atoms. The summed E-state index contributed by atoms with van der Waals surface area (Å²) in [4.78, 5) is 34.4. The maximum Gasteiger partial charge on any atom is 0.338 e. The van der Waals surface area contributed by atoms with Gasteiger partial charge < -0.3 is 9.47 Å². The molecule has 0 fully saturated rings. The number of anilines is 1. The fourth-order valence-corrected chi connectivity index (χ4v) is 4.66. The number of aryl methyl sites for hydroxylation is 1. The van der Waals surface area contributed by atoms with Crippen LogP contribution in [-0.4, -0.2) is 45.5 Å². The highest BCUT2D eigenvalue weighted by Gasteiger charge is 2.32. The maximum absolute atomic E-state index is 13.6. The van der Waals surface area contributed by atoms with Crippen LogP contribution in [0.25, 0.3) is 0 Å². The van der Waals surface area contributed by atoms with E-state index in [2.05, 4.69) is 0 Å². The van der Waals surface area contributed by atoms with Gasteiger partial charge in [-0.05, 0) is 44.0 Å². The Balaban J connectivity index is 2.74. The van der Waals surface area contributed by atoms with Gasteiger partial charge in [-0.3, -0.25) is 19.2 Å². The third kappa shape index (κ3) is 5.00. The topological polar surface area (TPSA) is 133 Å². The van der Waals surface area contributed by atoms with E-state index in [0.717, 1.165) is 10.4 Å². The van der Waals surface area contributed by atoms with Crippen molar-refractivity contribution >= 4 is 33.3 Å². The molecule has 2 aromatic rings. The highest BCUT2D eigenvalue weighted by molar-refractivity contribution is 7.93. The molecule has 0 atom stereocenters. The Hall–Kier alpha value is -3.47. The molecule has 0 aliphatic carbocycles. The third-order valence-electron chi connectivity index (χ3n) is 4.51. The summed E-state index contributed by atoms with van der Waals surface area (Å²) in [6, 6.07) is 7.76. The van der Waals surface area contributed by atoms with E-state index < -0.39 is 39.1 Å². The molecule has 0 radical (unpaired) electrons. The van der Waals surface area contributed by atoms with Crippen molar-refractivity contribution in [2.75, 3.05) is 24.6 Å². The van der Waals surface area contributed by atoms with Gasteiger partial charge in [-0.2, -0.15) is 0 Å². The van der Waals surface area contributed by atoms with Gasteiger partial charge in [-0.25, -0.2) is 13.2 Å². The number of nitro benzene ring substituents is 1. The van der Waals surface area contributed by atoms with Crippen LogP contribution >= 0.6 is 0 Å². The normalized spacial score (nSPS) is 11.0. The first-order valence-corrected chi connectivity index (χ1v) is 10.6. The van der Waals surface area contributed by atoms with Crippen LogP contribution in [0.15, 0.2) is 41.3 Å². The van der Waals surface area contributed by atoms with Crippen LogP contribution in [0.2, 0.25) is 0 Å². The van der Waals surface area contributed by atoms with Gasteiger partial charge in [0, 0.05) is 12.1 Å². The summed E-state index contributed by atoms with van der Waals surface area (Å²) >= 11 is 0. The lowest BCUT2D eigenvalue weighted by Gasteiger charge is -2.26. The number of benzene rings is 2. The van der Waals surface area contributed by atoms with Crippen LogP contribution in [0.5, 0.6) is 0 Å². The second kappa shape index (κ2) is 9.56. The van der Waals surface area contributed by atoms with E-state index in [1.54, 1.807) is 6.92 Å². The number of rotatable bonds is 8. The van der Waals surface area contributed by atoms with Crippen molar-refractivity contribution in [3.8, 4) is 0 Å². The van der Waals surface area contributed by atoms with E-state index in [1.807, 2.05) is 0 Å². The fourth-order valence-electron chi connectivity index (χ4n) is 2.95. The Morgan fingerprint density at radius 1 is 1.16 bits per heavy atom. The molecule has 11 heteroatoms. The zero-order chi connectivity index (χ0) is 23.3. The van der Waals surface area contributed by atoms with Crippen molar-refractivity contribution in [2.45, 2.75) is 25.7 Å². The van der Waals surface area contributed by atoms with Gasteiger partial charge in [-0.1, -0.05) is 12.1 Å². The molecule has 166 valence electrons. The summed E-state index contributed by atoms with van der Waals surface area (Å²) in [6.07, 6.45) is 0. The molecular weight excluding hydrogens is 428 g/mol. The van der Waals surface area contributed by atoms with Crippen molar-refractivity contribution in [3.63, 3.8) is 0 Å². The summed E-state index contributed by atoms with van der Waals surface area (Å²) in [6.45, 7) is 3.91. The van der Waals surface area contributed by atoms with Crippen LogP contribution in [0.1, 0.15) is 28.4 Å². The number of nitro groups is 1. The van der Waals surface area contributed by atoms with E-state index >= 15 is 0 Å². The standard InChI is InChI=1S/C20H22N2O8S/c1-5-30-19(23)12-21(17-8-6-7-16(14(17)3)20(24)29-4)31(27,28)18-11-15(22(25)26)10-9-13(18)2/h6-11H,5,12H2,1-4H3. The Morgan fingerprint density at radius 3 is 2.42 bits per heavy atom. The number of hydrogen-bond acceptors (Lipinski definition) is 8. The van der Waals surface area contributed by atoms with Crippen molar-refractivity contribution in [1.82, 2.24) is 0 Å². The van der Waals surface area contributed by atoms with E-state index in [4.69, 9.17) is 9.47 Å². The number of ether oxygens (including phenoxy) is 2. The van der Waals surface area contributed by atoms with Crippen LogP contribution in [-0.2, 0) is 24.3 Å². The smallest absolute Gasteiger partial charge is 0.338 e. The van der Waals surface area contributed by atoms with Crippen molar-refractivity contribution < 1.29 is 32.4 Å². The maximum atomic E-state index is 13.6. The number of methoxy groups -OCH3 is 1. The highest BCUT2D eigenvalue weighted by atomic mass is 32.2. The van der Waals surface area contributed by atoms with E-state index in [9.17, 15) is 28.1 Å². The van der Waals surface area contributed by atoms with Gasteiger partial charge in [0.25, 0.3) is 15.7 Å². The molecule has 0 N–H and O–H groups in total. The zero-order valence-corrected chi connectivity index (χ0v) is 18.3. The lowest BCUT2D eigenvalue weighted by atomic mass is 10.1. The molecule has 0 heterocycles. The molecule has 0 saturated heterocycles. The zero-order valence-electron chi connectivity index (χ0n) is 17.4. The van der Waals surface area contributed by atoms with Crippen LogP contribution in [0.4, 0.5) is 11.4 Å². The fraction of sp³-hybridized carbons (Fsp3) is 0.300. The van der Waals surface area contributed by atoms with Crippen LogP contribution in [0, 0.1) is 24.0 Å². The number of non-ortho nitro benzene ring substituents is 1. The summed E-state index contributed by atoms with van der Waals surface area (Å²) in [5.41, 5.74) is 0.244. The van der Waals surface area contributed by atoms with Gasteiger partial charge in [-0.15, -0.1) is 0 Å². The number of carbonyl (C=O) groups is 2. The average molecular weight is 450 g/mol. The highest BCUT2D eigenvalue weighted by Crippen LogP contribution is 2.31. The summed E-state index contributed by atoms with van der Waals surface area (Å²) in [5.74, 6) is -1.50.